The first kappa shape index (κ1) is 35.3. The van der Waals surface area contributed by atoms with Crippen LogP contribution in [0, 0.1) is 0 Å². The Morgan fingerprint density at radius 3 is 1.77 bits per heavy atom. The molecule has 0 atom stereocenters. The van der Waals surface area contributed by atoms with Crippen molar-refractivity contribution in [2.45, 2.75) is 0 Å². The topological polar surface area (TPSA) is 16.4 Å². The van der Waals surface area contributed by atoms with E-state index in [0.717, 1.165) is 50.2 Å². The van der Waals surface area contributed by atoms with Crippen molar-refractivity contribution in [1.29, 1.82) is 0 Å². The Morgan fingerprint density at radius 1 is 0.355 bits per heavy atom. The normalized spacial score (nSPS) is 11.9. The molecule has 0 amide bonds. The second-order valence-electron chi connectivity index (χ2n) is 16.0. The Bertz CT molecular complexity index is 3860. The fraction of sp³-hybridized carbons (Fsp3) is 0. The highest BCUT2D eigenvalue weighted by atomic mass is 32.1. The molecule has 10 aromatic carbocycles. The van der Waals surface area contributed by atoms with E-state index in [1.54, 1.807) is 0 Å². The first-order valence-corrected chi connectivity index (χ1v) is 22.6. The number of fused-ring (bicyclic) bond motifs is 11. The number of nitrogens with zero attached hydrogens (tertiary/aromatic N) is 1. The maximum Gasteiger partial charge on any atom is 0.144 e. The summed E-state index contributed by atoms with van der Waals surface area (Å²) in [4.78, 5) is 2.43. The molecule has 0 saturated carbocycles. The minimum absolute atomic E-state index is 0.918. The smallest absolute Gasteiger partial charge is 0.144 e. The molecule has 0 aliphatic carbocycles. The molecule has 290 valence electrons. The summed E-state index contributed by atoms with van der Waals surface area (Å²) in [6.45, 7) is 0. The first-order valence-electron chi connectivity index (χ1n) is 21.0. The summed E-state index contributed by atoms with van der Waals surface area (Å²) >= 11 is 3.71. The van der Waals surface area contributed by atoms with Crippen molar-refractivity contribution in [1.82, 2.24) is 0 Å². The summed E-state index contributed by atoms with van der Waals surface area (Å²) < 4.78 is 11.8. The Balaban J connectivity index is 0.936. The van der Waals surface area contributed by atoms with Crippen molar-refractivity contribution >= 4 is 113 Å². The van der Waals surface area contributed by atoms with Crippen molar-refractivity contribution in [3.05, 3.63) is 212 Å². The van der Waals surface area contributed by atoms with Crippen molar-refractivity contribution in [3.8, 4) is 33.4 Å². The summed E-state index contributed by atoms with van der Waals surface area (Å²) in [5.74, 6) is 0. The molecule has 0 spiro atoms. The van der Waals surface area contributed by atoms with E-state index in [9.17, 15) is 0 Å². The zero-order valence-corrected chi connectivity index (χ0v) is 35.0. The fourth-order valence-corrected chi connectivity index (χ4v) is 12.0. The van der Waals surface area contributed by atoms with Gasteiger partial charge in [0.05, 0.1) is 10.4 Å². The predicted molar refractivity (Wildman–Crippen MR) is 268 cm³/mol. The van der Waals surface area contributed by atoms with E-state index in [2.05, 4.69) is 217 Å². The van der Waals surface area contributed by atoms with Crippen LogP contribution in [0.25, 0.3) is 106 Å². The van der Waals surface area contributed by atoms with Gasteiger partial charge in [-0.05, 0) is 93.2 Å². The number of furan rings is 1. The molecule has 3 aromatic heterocycles. The number of thiophene rings is 2. The number of hydrogen-bond donors (Lipinski definition) is 0. The van der Waals surface area contributed by atoms with Crippen LogP contribution in [0.1, 0.15) is 0 Å². The number of benzene rings is 10. The van der Waals surface area contributed by atoms with Crippen LogP contribution in [0.2, 0.25) is 0 Å². The minimum Gasteiger partial charge on any atom is -0.455 e. The SMILES string of the molecule is c1cc(-c2ccc(-c3cc4c5ccccc5sc4c4c3oc3ccccc34)cc2)cc(N(c2ccc(-c3cccc4ccccc34)cc2)c2cccc3c2sc2ccccc23)c1. The summed E-state index contributed by atoms with van der Waals surface area (Å²) in [6.07, 6.45) is 0. The van der Waals surface area contributed by atoms with Gasteiger partial charge < -0.3 is 9.32 Å². The van der Waals surface area contributed by atoms with E-state index in [-0.39, 0.29) is 0 Å². The van der Waals surface area contributed by atoms with Gasteiger partial charge in [-0.25, -0.2) is 0 Å². The second-order valence-corrected chi connectivity index (χ2v) is 18.1. The maximum atomic E-state index is 6.69. The Morgan fingerprint density at radius 2 is 0.952 bits per heavy atom. The van der Waals surface area contributed by atoms with Crippen LogP contribution in [0.5, 0.6) is 0 Å². The molecule has 0 saturated heterocycles. The molecule has 62 heavy (non-hydrogen) atoms. The summed E-state index contributed by atoms with van der Waals surface area (Å²) in [7, 11) is 0. The van der Waals surface area contributed by atoms with Gasteiger partial charge >= 0.3 is 0 Å². The van der Waals surface area contributed by atoms with Crippen molar-refractivity contribution in [2.24, 2.45) is 0 Å². The summed E-state index contributed by atoms with van der Waals surface area (Å²) in [5, 5.41) is 10.00. The van der Waals surface area contributed by atoms with Gasteiger partial charge in [-0.3, -0.25) is 0 Å². The van der Waals surface area contributed by atoms with Crippen LogP contribution < -0.4 is 4.90 Å². The number of rotatable bonds is 6. The highest BCUT2D eigenvalue weighted by Crippen LogP contribution is 2.48. The monoisotopic (exact) mass is 825 g/mol. The van der Waals surface area contributed by atoms with E-state index >= 15 is 0 Å². The highest BCUT2D eigenvalue weighted by molar-refractivity contribution is 7.27. The second kappa shape index (κ2) is 14.0. The lowest BCUT2D eigenvalue weighted by atomic mass is 9.96. The van der Waals surface area contributed by atoms with Gasteiger partial charge in [0.25, 0.3) is 0 Å². The van der Waals surface area contributed by atoms with Gasteiger partial charge in [0.2, 0.25) is 0 Å². The van der Waals surface area contributed by atoms with Crippen LogP contribution in [0.15, 0.2) is 217 Å². The van der Waals surface area contributed by atoms with Crippen molar-refractivity contribution in [3.63, 3.8) is 0 Å². The van der Waals surface area contributed by atoms with E-state index in [1.165, 1.54) is 73.3 Å². The molecule has 0 bridgehead atoms. The van der Waals surface area contributed by atoms with Crippen LogP contribution in [-0.2, 0) is 0 Å². The third-order valence-electron chi connectivity index (χ3n) is 12.5. The van der Waals surface area contributed by atoms with E-state index in [4.69, 9.17) is 4.42 Å². The molecule has 0 N–H and O–H groups in total. The van der Waals surface area contributed by atoms with Crippen molar-refractivity contribution < 1.29 is 4.42 Å². The lowest BCUT2D eigenvalue weighted by Crippen LogP contribution is -2.10. The molecular formula is C58H35NOS2. The molecule has 0 aliphatic heterocycles. The molecule has 0 fully saturated rings. The largest absolute Gasteiger partial charge is 0.455 e. The Hall–Kier alpha value is -7.50. The lowest BCUT2D eigenvalue weighted by molar-refractivity contribution is 0.670. The molecule has 4 heteroatoms. The zero-order chi connectivity index (χ0) is 40.7. The first-order chi connectivity index (χ1) is 30.7. The average Bonchev–Trinajstić information content (AvgIpc) is 4.04. The van der Waals surface area contributed by atoms with E-state index in [0.29, 0.717) is 0 Å². The number of hydrogen-bond acceptors (Lipinski definition) is 4. The van der Waals surface area contributed by atoms with Gasteiger partial charge in [0.1, 0.15) is 11.2 Å². The quantitative estimate of drug-likeness (QED) is 0.166. The predicted octanol–water partition coefficient (Wildman–Crippen LogP) is 17.9. The van der Waals surface area contributed by atoms with Crippen LogP contribution in [0.3, 0.4) is 0 Å². The van der Waals surface area contributed by atoms with Crippen LogP contribution >= 0.6 is 22.7 Å². The standard InChI is InChI=1S/C58H35NOS2/c1-2-16-43-37(12-1)13-10-20-44(43)38-30-32-41(33-31-38)59(51-22-11-21-47-45-17-4-7-24-53(45)61-57(47)51)42-15-9-14-40(34-42)36-26-28-39(29-27-36)49-35-50-46-18-5-8-25-54(46)62-58(50)55-48-19-3-6-23-52(48)60-56(49)55/h1-35H. The molecule has 3 heterocycles. The minimum atomic E-state index is 0.918. The van der Waals surface area contributed by atoms with Gasteiger partial charge in [-0.15, -0.1) is 22.7 Å². The third kappa shape index (κ3) is 5.54. The highest BCUT2D eigenvalue weighted by Gasteiger charge is 2.21. The molecule has 13 aromatic rings. The molecule has 2 nitrogen and oxygen atoms in total. The number of para-hydroxylation sites is 1. The summed E-state index contributed by atoms with van der Waals surface area (Å²) in [5.41, 5.74) is 12.2. The van der Waals surface area contributed by atoms with Gasteiger partial charge in [0.15, 0.2) is 0 Å². The van der Waals surface area contributed by atoms with Crippen LogP contribution in [0.4, 0.5) is 17.1 Å². The molecule has 0 radical (unpaired) electrons. The lowest BCUT2D eigenvalue weighted by Gasteiger charge is -2.27. The third-order valence-corrected chi connectivity index (χ3v) is 14.9. The van der Waals surface area contributed by atoms with Gasteiger partial charge in [-0.2, -0.15) is 0 Å². The molecule has 0 aliphatic rings. The fourth-order valence-electron chi connectivity index (χ4n) is 9.55. The zero-order valence-electron chi connectivity index (χ0n) is 33.4. The maximum absolute atomic E-state index is 6.69. The molecule has 13 rings (SSSR count). The average molecular weight is 826 g/mol. The van der Waals surface area contributed by atoms with E-state index < -0.39 is 0 Å². The molecular weight excluding hydrogens is 791 g/mol. The van der Waals surface area contributed by atoms with Crippen LogP contribution in [-0.4, -0.2) is 0 Å². The summed E-state index contributed by atoms with van der Waals surface area (Å²) in [6, 6.07) is 77.3. The van der Waals surface area contributed by atoms with Crippen molar-refractivity contribution in [2.75, 3.05) is 4.90 Å². The van der Waals surface area contributed by atoms with E-state index in [1.807, 2.05) is 22.7 Å². The Kier molecular flexibility index (Phi) is 7.99. The van der Waals surface area contributed by atoms with Gasteiger partial charge in [-0.1, -0.05) is 158 Å². The number of anilines is 3. The van der Waals surface area contributed by atoms with Gasteiger partial charge in [0, 0.05) is 63.4 Å². The molecule has 0 unspecified atom stereocenters. The Labute approximate surface area is 365 Å².